The lowest BCUT2D eigenvalue weighted by Gasteiger charge is -2.03. The second-order valence-electron chi connectivity index (χ2n) is 5.44. The highest BCUT2D eigenvalue weighted by atomic mass is 35.5. The van der Waals surface area contributed by atoms with Crippen LogP contribution in [0.1, 0.15) is 5.69 Å². The zero-order valence-electron chi connectivity index (χ0n) is 13.5. The number of para-hydroxylation sites is 1. The van der Waals surface area contributed by atoms with Crippen LogP contribution >= 0.6 is 23.4 Å². The summed E-state index contributed by atoms with van der Waals surface area (Å²) in [5, 5.41) is 18.3. The molecule has 0 aliphatic rings. The molecule has 0 saturated heterocycles. The Hall–Kier alpha value is -2.84. The van der Waals surface area contributed by atoms with Crippen molar-refractivity contribution < 1.29 is 0 Å². The molecule has 0 bridgehead atoms. The number of hydrogen-bond donors (Lipinski definition) is 1. The summed E-state index contributed by atoms with van der Waals surface area (Å²) < 4.78 is 1.46. The van der Waals surface area contributed by atoms with Crippen LogP contribution in [0.15, 0.2) is 66.0 Å². The molecule has 2 heterocycles. The van der Waals surface area contributed by atoms with Crippen molar-refractivity contribution in [1.29, 1.82) is 0 Å². The number of aromatic nitrogens is 6. The molecule has 7 nitrogen and oxygen atoms in total. The summed E-state index contributed by atoms with van der Waals surface area (Å²) in [6.45, 7) is 0. The molecule has 2 N–H and O–H groups in total. The topological polar surface area (TPSA) is 87.4 Å². The van der Waals surface area contributed by atoms with Crippen LogP contribution in [-0.4, -0.2) is 29.9 Å². The van der Waals surface area contributed by atoms with Gasteiger partial charge in [-0.25, -0.2) is 4.68 Å². The minimum absolute atomic E-state index is 0.558. The van der Waals surface area contributed by atoms with E-state index in [1.807, 2.05) is 42.5 Å². The fraction of sp³-hybridized carbons (Fsp3) is 0.0588. The molecule has 9 heteroatoms. The third-order valence-corrected chi connectivity index (χ3v) is 4.83. The van der Waals surface area contributed by atoms with Crippen molar-refractivity contribution >= 4 is 23.4 Å². The van der Waals surface area contributed by atoms with Gasteiger partial charge in [-0.2, -0.15) is 15.0 Å². The maximum atomic E-state index is 6.13. The van der Waals surface area contributed by atoms with Crippen molar-refractivity contribution in [2.75, 3.05) is 5.84 Å². The quantitative estimate of drug-likeness (QED) is 0.420. The molecule has 0 saturated carbocycles. The number of rotatable bonds is 5. The summed E-state index contributed by atoms with van der Waals surface area (Å²) in [5.41, 5.74) is 2.55. The lowest BCUT2D eigenvalue weighted by atomic mass is 10.2. The van der Waals surface area contributed by atoms with Crippen LogP contribution in [-0.2, 0) is 5.75 Å². The molecule has 26 heavy (non-hydrogen) atoms. The molecular formula is C17H14ClN7S. The third-order valence-electron chi connectivity index (χ3n) is 3.62. The van der Waals surface area contributed by atoms with E-state index < -0.39 is 0 Å². The van der Waals surface area contributed by atoms with Crippen LogP contribution in [0.4, 0.5) is 0 Å². The number of nitrogen functional groups attached to an aromatic ring is 1. The predicted octanol–water partition coefficient (Wildman–Crippen LogP) is 3.19. The molecule has 0 aliphatic heterocycles. The minimum Gasteiger partial charge on any atom is -0.335 e. The first-order valence-electron chi connectivity index (χ1n) is 7.76. The van der Waals surface area contributed by atoms with Crippen molar-refractivity contribution in [3.8, 4) is 17.1 Å². The molecule has 2 aromatic heterocycles. The number of benzene rings is 2. The molecular weight excluding hydrogens is 370 g/mol. The van der Waals surface area contributed by atoms with Gasteiger partial charge in [-0.05, 0) is 24.3 Å². The van der Waals surface area contributed by atoms with Crippen LogP contribution in [0.3, 0.4) is 0 Å². The summed E-state index contributed by atoms with van der Waals surface area (Å²) in [7, 11) is 0. The zero-order chi connectivity index (χ0) is 17.9. The van der Waals surface area contributed by atoms with Crippen LogP contribution in [0.2, 0.25) is 5.02 Å². The van der Waals surface area contributed by atoms with Gasteiger partial charge in [0.1, 0.15) is 0 Å². The third kappa shape index (κ3) is 3.42. The Morgan fingerprint density at radius 2 is 1.88 bits per heavy atom. The molecule has 130 valence electrons. The number of nitrogens with zero attached hydrogens (tertiary/aromatic N) is 6. The highest BCUT2D eigenvalue weighted by Crippen LogP contribution is 2.25. The maximum Gasteiger partial charge on any atom is 0.210 e. The Bertz CT molecular complexity index is 1030. The smallest absolute Gasteiger partial charge is 0.210 e. The van der Waals surface area contributed by atoms with E-state index in [1.54, 1.807) is 23.1 Å². The predicted molar refractivity (Wildman–Crippen MR) is 102 cm³/mol. The molecule has 2 aromatic carbocycles. The van der Waals surface area contributed by atoms with Crippen LogP contribution in [0.5, 0.6) is 0 Å². The van der Waals surface area contributed by atoms with E-state index in [-0.39, 0.29) is 0 Å². The number of hydrogen-bond acceptors (Lipinski definition) is 6. The zero-order valence-corrected chi connectivity index (χ0v) is 15.1. The fourth-order valence-electron chi connectivity index (χ4n) is 2.38. The lowest BCUT2D eigenvalue weighted by molar-refractivity contribution is 0.744. The molecule has 0 aliphatic carbocycles. The van der Waals surface area contributed by atoms with E-state index in [4.69, 9.17) is 17.4 Å². The standard InChI is InChI=1S/C17H14ClN7S/c18-13-6-4-5-12(9-13)16-21-22-17(24(16)19)26-11-14-10-20-25(23-14)15-7-2-1-3-8-15/h1-10H,11,19H2. The van der Waals surface area contributed by atoms with Crippen molar-refractivity contribution in [3.63, 3.8) is 0 Å². The normalized spacial score (nSPS) is 11.0. The Balaban J connectivity index is 1.48. The van der Waals surface area contributed by atoms with Gasteiger partial charge in [0.2, 0.25) is 5.16 Å². The molecule has 0 amide bonds. The number of thioether (sulfide) groups is 1. The highest BCUT2D eigenvalue weighted by molar-refractivity contribution is 7.98. The minimum atomic E-state index is 0.558. The Morgan fingerprint density at radius 1 is 1.04 bits per heavy atom. The summed E-state index contributed by atoms with van der Waals surface area (Å²) in [4.78, 5) is 1.60. The molecule has 4 aromatic rings. The van der Waals surface area contributed by atoms with Crippen molar-refractivity contribution in [3.05, 3.63) is 71.5 Å². The van der Waals surface area contributed by atoms with Crippen molar-refractivity contribution in [1.82, 2.24) is 29.9 Å². The molecule has 0 atom stereocenters. The second kappa shape index (κ2) is 7.19. The van der Waals surface area contributed by atoms with Crippen molar-refractivity contribution in [2.24, 2.45) is 0 Å². The van der Waals surface area contributed by atoms with Crippen molar-refractivity contribution in [2.45, 2.75) is 10.9 Å². The first kappa shape index (κ1) is 16.6. The maximum absolute atomic E-state index is 6.13. The Labute approximate surface area is 158 Å². The SMILES string of the molecule is Nn1c(SCc2cnn(-c3ccccc3)n2)nnc1-c1cccc(Cl)c1. The summed E-state index contributed by atoms with van der Waals surface area (Å²) in [6, 6.07) is 17.1. The van der Waals surface area contributed by atoms with Gasteiger partial charge in [-0.15, -0.1) is 10.2 Å². The summed E-state index contributed by atoms with van der Waals surface area (Å²) >= 11 is 7.47. The average Bonchev–Trinajstić information content (AvgIpc) is 3.28. The first-order valence-corrected chi connectivity index (χ1v) is 9.13. The average molecular weight is 384 g/mol. The van der Waals surface area contributed by atoms with Gasteiger partial charge >= 0.3 is 0 Å². The monoisotopic (exact) mass is 383 g/mol. The van der Waals surface area contributed by atoms with Crippen LogP contribution in [0, 0.1) is 0 Å². The second-order valence-corrected chi connectivity index (χ2v) is 6.82. The van der Waals surface area contributed by atoms with Crippen LogP contribution < -0.4 is 5.84 Å². The molecule has 0 spiro atoms. The van der Waals surface area contributed by atoms with Gasteiger partial charge in [-0.3, -0.25) is 0 Å². The lowest BCUT2D eigenvalue weighted by Crippen LogP contribution is -2.11. The molecule has 0 unspecified atom stereocenters. The fourth-order valence-corrected chi connectivity index (χ4v) is 3.31. The first-order chi connectivity index (χ1) is 12.7. The van der Waals surface area contributed by atoms with Crippen LogP contribution in [0.25, 0.3) is 17.1 Å². The Kier molecular flexibility index (Phi) is 4.59. The van der Waals surface area contributed by atoms with E-state index in [0.717, 1.165) is 16.9 Å². The van der Waals surface area contributed by atoms with Gasteiger partial charge < -0.3 is 5.84 Å². The van der Waals surface area contributed by atoms with E-state index in [9.17, 15) is 0 Å². The molecule has 0 radical (unpaired) electrons. The van der Waals surface area contributed by atoms with Gasteiger partial charge in [0.15, 0.2) is 5.82 Å². The largest absolute Gasteiger partial charge is 0.335 e. The summed E-state index contributed by atoms with van der Waals surface area (Å²) in [5.74, 6) is 7.27. The summed E-state index contributed by atoms with van der Waals surface area (Å²) in [6.07, 6.45) is 1.73. The number of halogens is 1. The van der Waals surface area contributed by atoms with E-state index in [1.165, 1.54) is 16.4 Å². The number of nitrogens with two attached hydrogens (primary N) is 1. The van der Waals surface area contributed by atoms with Gasteiger partial charge in [0.05, 0.1) is 17.6 Å². The van der Waals surface area contributed by atoms with Gasteiger partial charge in [0, 0.05) is 16.3 Å². The highest BCUT2D eigenvalue weighted by Gasteiger charge is 2.13. The molecule has 4 rings (SSSR count). The van der Waals surface area contributed by atoms with Gasteiger partial charge in [0.25, 0.3) is 0 Å². The Morgan fingerprint density at radius 3 is 2.69 bits per heavy atom. The molecule has 0 fully saturated rings. The van der Waals surface area contributed by atoms with E-state index >= 15 is 0 Å². The van der Waals surface area contributed by atoms with E-state index in [0.29, 0.717) is 21.8 Å². The van der Waals surface area contributed by atoms with E-state index in [2.05, 4.69) is 20.4 Å². The van der Waals surface area contributed by atoms with Gasteiger partial charge in [-0.1, -0.05) is 53.7 Å².